The molecule has 1 fully saturated rings. The minimum Gasteiger partial charge on any atom is -0.495 e. The van der Waals surface area contributed by atoms with Crippen molar-refractivity contribution in [2.45, 2.75) is 18.9 Å². The molecule has 1 atom stereocenters. The van der Waals surface area contributed by atoms with Crippen LogP contribution in [0.3, 0.4) is 0 Å². The molecule has 1 aliphatic rings. The van der Waals surface area contributed by atoms with Gasteiger partial charge in [-0.1, -0.05) is 23.7 Å². The molecule has 4 aromatic rings. The molecular weight excluding hydrogens is 446 g/mol. The smallest absolute Gasteiger partial charge is 0.275 e. The molecule has 1 aliphatic heterocycles. The maximum Gasteiger partial charge on any atom is 0.275 e. The fourth-order valence-corrected chi connectivity index (χ4v) is 5.42. The summed E-state index contributed by atoms with van der Waals surface area (Å²) >= 11 is 7.42. The van der Waals surface area contributed by atoms with Gasteiger partial charge in [0.05, 0.1) is 36.6 Å². The molecule has 2 aromatic heterocycles. The lowest BCUT2D eigenvalue weighted by Crippen LogP contribution is -2.32. The van der Waals surface area contributed by atoms with E-state index in [0.717, 1.165) is 35.5 Å². The summed E-state index contributed by atoms with van der Waals surface area (Å²) in [6.45, 7) is 0.982. The molecule has 32 heavy (non-hydrogen) atoms. The molecule has 5 rings (SSSR count). The molecule has 0 bridgehead atoms. The molecule has 6 nitrogen and oxygen atoms in total. The highest BCUT2D eigenvalue weighted by Crippen LogP contribution is 2.36. The number of aliphatic hydroxyl groups is 1. The van der Waals surface area contributed by atoms with Crippen LogP contribution in [0, 0.1) is 0 Å². The monoisotopic (exact) mass is 467 g/mol. The van der Waals surface area contributed by atoms with Crippen molar-refractivity contribution in [2.24, 2.45) is 0 Å². The lowest BCUT2D eigenvalue weighted by atomic mass is 10.2. The molecule has 1 N–H and O–H groups in total. The minimum absolute atomic E-state index is 0.0906. The summed E-state index contributed by atoms with van der Waals surface area (Å²) in [5, 5.41) is 10.4. The van der Waals surface area contributed by atoms with E-state index < -0.39 is 0 Å². The zero-order valence-corrected chi connectivity index (χ0v) is 19.1. The van der Waals surface area contributed by atoms with Crippen molar-refractivity contribution in [2.75, 3.05) is 25.2 Å². The van der Waals surface area contributed by atoms with Gasteiger partial charge in [-0.15, -0.1) is 11.3 Å². The first-order valence-electron chi connectivity index (χ1n) is 10.4. The van der Waals surface area contributed by atoms with Crippen LogP contribution in [0.5, 0.6) is 5.75 Å². The van der Waals surface area contributed by atoms with E-state index in [0.29, 0.717) is 26.7 Å². The average Bonchev–Trinajstić information content (AvgIpc) is 3.47. The van der Waals surface area contributed by atoms with Gasteiger partial charge < -0.3 is 14.7 Å². The second-order valence-electron chi connectivity index (χ2n) is 7.78. The summed E-state index contributed by atoms with van der Waals surface area (Å²) in [6.07, 6.45) is 3.55. The van der Waals surface area contributed by atoms with E-state index in [-0.39, 0.29) is 18.2 Å². The SMILES string of the molecule is COc1cc(-n2cnc3cc(-c4ccc(Cl)cc4)sc3c2=O)ccc1N1CCC[C@H]1CO. The molecule has 2 aromatic carbocycles. The van der Waals surface area contributed by atoms with Crippen LogP contribution in [0.15, 0.2) is 59.7 Å². The quantitative estimate of drug-likeness (QED) is 0.459. The zero-order valence-electron chi connectivity index (χ0n) is 17.5. The number of thiophene rings is 1. The third-order valence-electron chi connectivity index (χ3n) is 5.91. The number of nitrogens with zero attached hydrogens (tertiary/aromatic N) is 3. The minimum atomic E-state index is -0.121. The second-order valence-corrected chi connectivity index (χ2v) is 9.27. The standard InChI is InChI=1S/C24H22ClN3O3S/c1-31-21-11-17(8-9-20(21)27-10-2-3-18(27)13-29)28-14-26-19-12-22(32-23(19)24(28)30)15-4-6-16(25)7-5-15/h4-9,11-12,14,18,29H,2-3,10,13H2,1H3/t18-/m0/s1. The Labute approximate surface area is 194 Å². The van der Waals surface area contributed by atoms with Gasteiger partial charge in [-0.3, -0.25) is 9.36 Å². The predicted octanol–water partition coefficient (Wildman–Crippen LogP) is 4.74. The third kappa shape index (κ3) is 3.66. The molecule has 164 valence electrons. The molecule has 0 radical (unpaired) electrons. The summed E-state index contributed by atoms with van der Waals surface area (Å²) in [7, 11) is 1.62. The van der Waals surface area contributed by atoms with Gasteiger partial charge in [0, 0.05) is 22.5 Å². The molecule has 0 amide bonds. The average molecular weight is 468 g/mol. The van der Waals surface area contributed by atoms with Crippen LogP contribution in [0.1, 0.15) is 12.8 Å². The summed E-state index contributed by atoms with van der Waals surface area (Å²) in [4.78, 5) is 21.0. The highest BCUT2D eigenvalue weighted by molar-refractivity contribution is 7.22. The lowest BCUT2D eigenvalue weighted by molar-refractivity contribution is 0.266. The van der Waals surface area contributed by atoms with Crippen molar-refractivity contribution in [3.63, 3.8) is 0 Å². The Hall–Kier alpha value is -2.87. The van der Waals surface area contributed by atoms with Gasteiger partial charge in [0.2, 0.25) is 0 Å². The Morgan fingerprint density at radius 3 is 2.78 bits per heavy atom. The van der Waals surface area contributed by atoms with E-state index in [1.165, 1.54) is 11.3 Å². The van der Waals surface area contributed by atoms with Crippen LogP contribution < -0.4 is 15.2 Å². The molecule has 0 unspecified atom stereocenters. The van der Waals surface area contributed by atoms with Crippen molar-refractivity contribution in [3.8, 4) is 21.9 Å². The molecular formula is C24H22ClN3O3S. The first-order chi connectivity index (χ1) is 15.6. The maximum absolute atomic E-state index is 13.3. The van der Waals surface area contributed by atoms with E-state index in [1.807, 2.05) is 48.5 Å². The molecule has 0 saturated carbocycles. The first kappa shape index (κ1) is 21.0. The number of halogens is 1. The number of hydrogen-bond donors (Lipinski definition) is 1. The Bertz CT molecular complexity index is 1330. The molecule has 3 heterocycles. The molecule has 8 heteroatoms. The van der Waals surface area contributed by atoms with Crippen LogP contribution in [0.25, 0.3) is 26.3 Å². The van der Waals surface area contributed by atoms with Crippen LogP contribution in [-0.2, 0) is 0 Å². The highest BCUT2D eigenvalue weighted by Gasteiger charge is 2.26. The van der Waals surface area contributed by atoms with Gasteiger partial charge in [-0.2, -0.15) is 0 Å². The number of aliphatic hydroxyl groups excluding tert-OH is 1. The van der Waals surface area contributed by atoms with Gasteiger partial charge >= 0.3 is 0 Å². The normalized spacial score (nSPS) is 16.1. The number of aromatic nitrogens is 2. The highest BCUT2D eigenvalue weighted by atomic mass is 35.5. The summed E-state index contributed by atoms with van der Waals surface area (Å²) in [5.41, 5.74) is 3.16. The van der Waals surface area contributed by atoms with Crippen LogP contribution in [0.4, 0.5) is 5.69 Å². The third-order valence-corrected chi connectivity index (χ3v) is 7.32. The number of rotatable bonds is 5. The van der Waals surface area contributed by atoms with E-state index in [4.69, 9.17) is 16.3 Å². The molecule has 1 saturated heterocycles. The second kappa shape index (κ2) is 8.58. The van der Waals surface area contributed by atoms with Crippen molar-refractivity contribution >= 4 is 38.8 Å². The largest absolute Gasteiger partial charge is 0.495 e. The fraction of sp³-hybridized carbons (Fsp3) is 0.250. The van der Waals surface area contributed by atoms with Crippen LogP contribution in [-0.4, -0.2) is 41.0 Å². The van der Waals surface area contributed by atoms with Gasteiger partial charge in [0.15, 0.2) is 0 Å². The number of hydrogen-bond acceptors (Lipinski definition) is 6. The van der Waals surface area contributed by atoms with Crippen LogP contribution in [0.2, 0.25) is 5.02 Å². The van der Waals surface area contributed by atoms with Crippen molar-refractivity contribution < 1.29 is 9.84 Å². The number of benzene rings is 2. The Morgan fingerprint density at radius 1 is 1.22 bits per heavy atom. The summed E-state index contributed by atoms with van der Waals surface area (Å²) < 4.78 is 7.79. The van der Waals surface area contributed by atoms with E-state index in [2.05, 4.69) is 9.88 Å². The number of fused-ring (bicyclic) bond motifs is 1. The predicted molar refractivity (Wildman–Crippen MR) is 130 cm³/mol. The van der Waals surface area contributed by atoms with Gasteiger partial charge in [-0.05, 0) is 48.7 Å². The first-order valence-corrected chi connectivity index (χ1v) is 11.6. The van der Waals surface area contributed by atoms with Crippen molar-refractivity contribution in [1.82, 2.24) is 9.55 Å². The Kier molecular flexibility index (Phi) is 5.63. The fourth-order valence-electron chi connectivity index (χ4n) is 4.25. The van der Waals surface area contributed by atoms with E-state index >= 15 is 0 Å². The van der Waals surface area contributed by atoms with Crippen LogP contribution >= 0.6 is 22.9 Å². The van der Waals surface area contributed by atoms with Crippen molar-refractivity contribution in [1.29, 1.82) is 0 Å². The number of anilines is 1. The maximum atomic E-state index is 13.3. The van der Waals surface area contributed by atoms with E-state index in [1.54, 1.807) is 18.0 Å². The Balaban J connectivity index is 1.55. The molecule has 0 spiro atoms. The Morgan fingerprint density at radius 2 is 2.03 bits per heavy atom. The number of methoxy groups -OCH3 is 1. The van der Waals surface area contributed by atoms with Gasteiger partial charge in [0.25, 0.3) is 5.56 Å². The summed E-state index contributed by atoms with van der Waals surface area (Å²) in [5.74, 6) is 0.669. The zero-order chi connectivity index (χ0) is 22.2. The van der Waals surface area contributed by atoms with Crippen molar-refractivity contribution in [3.05, 3.63) is 70.2 Å². The van der Waals surface area contributed by atoms with E-state index in [9.17, 15) is 9.90 Å². The van der Waals surface area contributed by atoms with Gasteiger partial charge in [-0.25, -0.2) is 4.98 Å². The lowest BCUT2D eigenvalue weighted by Gasteiger charge is -2.27. The summed E-state index contributed by atoms with van der Waals surface area (Å²) in [6, 6.07) is 15.3. The molecule has 0 aliphatic carbocycles. The van der Waals surface area contributed by atoms with Gasteiger partial charge in [0.1, 0.15) is 16.8 Å². The topological polar surface area (TPSA) is 67.6 Å². The number of ether oxygens (including phenoxy) is 1.